The fraction of sp³-hybridized carbons (Fsp3) is 0.889. The lowest BCUT2D eigenvalue weighted by Crippen LogP contribution is -2.34. The summed E-state index contributed by atoms with van der Waals surface area (Å²) in [5, 5.41) is 8.64. The summed E-state index contributed by atoms with van der Waals surface area (Å²) in [7, 11) is -3.75. The second-order valence-electron chi connectivity index (χ2n) is 4.35. The molecule has 8 heteroatoms. The van der Waals surface area contributed by atoms with E-state index in [-0.39, 0.29) is 6.54 Å². The van der Waals surface area contributed by atoms with E-state index in [1.165, 1.54) is 13.8 Å². The zero-order valence-electron chi connectivity index (χ0n) is 9.63. The first-order chi connectivity index (χ1) is 7.47. The van der Waals surface area contributed by atoms with Crippen molar-refractivity contribution in [1.29, 1.82) is 5.26 Å². The fourth-order valence-corrected chi connectivity index (χ4v) is 2.11. The average Bonchev–Trinajstić information content (AvgIpc) is 2.13. The Labute approximate surface area is 98.9 Å². The van der Waals surface area contributed by atoms with Gasteiger partial charge in [-0.1, -0.05) is 0 Å². The number of hydrogen-bond donors (Lipinski definition) is 1. The number of halogens is 3. The maximum Gasteiger partial charge on any atom is 0.389 e. The van der Waals surface area contributed by atoms with E-state index in [0.29, 0.717) is 0 Å². The van der Waals surface area contributed by atoms with Crippen LogP contribution >= 0.6 is 0 Å². The number of hydrogen-bond acceptors (Lipinski definition) is 3. The number of sulfonamides is 1. The molecular weight excluding hydrogens is 257 g/mol. The first kappa shape index (κ1) is 16.2. The first-order valence-electron chi connectivity index (χ1n) is 4.93. The molecule has 0 heterocycles. The molecule has 1 N–H and O–H groups in total. The van der Waals surface area contributed by atoms with Gasteiger partial charge in [0, 0.05) is 13.0 Å². The molecule has 0 rings (SSSR count). The average molecular weight is 272 g/mol. The van der Waals surface area contributed by atoms with Crippen LogP contribution in [0.3, 0.4) is 0 Å². The Balaban J connectivity index is 4.12. The summed E-state index contributed by atoms with van der Waals surface area (Å²) in [4.78, 5) is 0. The monoisotopic (exact) mass is 272 g/mol. The van der Waals surface area contributed by atoms with Crippen LogP contribution in [0.15, 0.2) is 0 Å². The van der Waals surface area contributed by atoms with Gasteiger partial charge < -0.3 is 0 Å². The number of alkyl halides is 3. The largest absolute Gasteiger partial charge is 0.389 e. The molecule has 0 atom stereocenters. The van der Waals surface area contributed by atoms with Gasteiger partial charge in [0.1, 0.15) is 0 Å². The normalized spacial score (nSPS) is 13.4. The Kier molecular flexibility index (Phi) is 5.42. The van der Waals surface area contributed by atoms with Gasteiger partial charge in [-0.05, 0) is 20.3 Å². The Morgan fingerprint density at radius 2 is 1.82 bits per heavy atom. The highest BCUT2D eigenvalue weighted by Crippen LogP contribution is 2.21. The zero-order chi connectivity index (χ0) is 13.7. The topological polar surface area (TPSA) is 70.0 Å². The summed E-state index contributed by atoms with van der Waals surface area (Å²) in [6.45, 7) is 2.95. The van der Waals surface area contributed by atoms with Gasteiger partial charge in [-0.2, -0.15) is 18.4 Å². The lowest BCUT2D eigenvalue weighted by Gasteiger charge is -2.16. The third-order valence-corrected chi connectivity index (χ3v) is 3.32. The lowest BCUT2D eigenvalue weighted by atomic mass is 9.97. The number of nitriles is 1. The van der Waals surface area contributed by atoms with Crippen LogP contribution in [0.2, 0.25) is 0 Å². The molecule has 0 aromatic rings. The van der Waals surface area contributed by atoms with E-state index >= 15 is 0 Å². The smallest absolute Gasteiger partial charge is 0.214 e. The van der Waals surface area contributed by atoms with E-state index in [2.05, 4.69) is 4.72 Å². The predicted molar refractivity (Wildman–Crippen MR) is 56.5 cm³/mol. The van der Waals surface area contributed by atoms with Gasteiger partial charge in [0.15, 0.2) is 0 Å². The van der Waals surface area contributed by atoms with Crippen molar-refractivity contribution in [1.82, 2.24) is 4.72 Å². The first-order valence-corrected chi connectivity index (χ1v) is 6.58. The highest BCUT2D eigenvalue weighted by atomic mass is 32.2. The van der Waals surface area contributed by atoms with E-state index in [4.69, 9.17) is 5.26 Å². The van der Waals surface area contributed by atoms with Crippen molar-refractivity contribution in [2.75, 3.05) is 12.3 Å². The molecule has 0 aliphatic rings. The van der Waals surface area contributed by atoms with Gasteiger partial charge in [0.25, 0.3) is 0 Å². The molecule has 100 valence electrons. The van der Waals surface area contributed by atoms with Crippen molar-refractivity contribution in [3.05, 3.63) is 0 Å². The Morgan fingerprint density at radius 1 is 1.29 bits per heavy atom. The third-order valence-electron chi connectivity index (χ3n) is 1.91. The summed E-state index contributed by atoms with van der Waals surface area (Å²) >= 11 is 0. The van der Waals surface area contributed by atoms with Crippen molar-refractivity contribution in [3.8, 4) is 6.07 Å². The SMILES string of the molecule is CC(C)(C#N)CNS(=O)(=O)CCCC(F)(F)F. The number of rotatable bonds is 6. The minimum atomic E-state index is -4.35. The molecule has 0 aliphatic heterocycles. The summed E-state index contributed by atoms with van der Waals surface area (Å²) in [5.74, 6) is -0.589. The quantitative estimate of drug-likeness (QED) is 0.801. The van der Waals surface area contributed by atoms with E-state index < -0.39 is 40.2 Å². The molecule has 17 heavy (non-hydrogen) atoms. The van der Waals surface area contributed by atoms with Crippen molar-refractivity contribution < 1.29 is 21.6 Å². The maximum atomic E-state index is 11.8. The molecule has 0 saturated heterocycles. The molecule has 0 bridgehead atoms. The molecule has 0 saturated carbocycles. The number of nitrogens with one attached hydrogen (secondary N) is 1. The van der Waals surface area contributed by atoms with Crippen LogP contribution in [0, 0.1) is 16.7 Å². The van der Waals surface area contributed by atoms with Crippen molar-refractivity contribution >= 4 is 10.0 Å². The van der Waals surface area contributed by atoms with Crippen LogP contribution in [-0.2, 0) is 10.0 Å². The Morgan fingerprint density at radius 3 is 2.24 bits per heavy atom. The molecule has 0 unspecified atom stereocenters. The second-order valence-corrected chi connectivity index (χ2v) is 6.28. The molecule has 0 aliphatic carbocycles. The van der Waals surface area contributed by atoms with E-state index in [1.54, 1.807) is 0 Å². The van der Waals surface area contributed by atoms with Gasteiger partial charge >= 0.3 is 6.18 Å². The predicted octanol–water partition coefficient (Wildman–Crippen LogP) is 1.80. The highest BCUT2D eigenvalue weighted by Gasteiger charge is 2.28. The van der Waals surface area contributed by atoms with E-state index in [0.717, 1.165) is 0 Å². The van der Waals surface area contributed by atoms with Crippen LogP contribution < -0.4 is 4.72 Å². The van der Waals surface area contributed by atoms with Gasteiger partial charge in [-0.3, -0.25) is 0 Å². The van der Waals surface area contributed by atoms with E-state index in [9.17, 15) is 21.6 Å². The Bertz CT molecular complexity index is 382. The molecule has 0 fully saturated rings. The minimum Gasteiger partial charge on any atom is -0.214 e. The van der Waals surface area contributed by atoms with Gasteiger partial charge in [-0.25, -0.2) is 13.1 Å². The summed E-state index contributed by atoms with van der Waals surface area (Å²) in [6.07, 6.45) is -5.96. The van der Waals surface area contributed by atoms with Crippen molar-refractivity contribution in [2.45, 2.75) is 32.9 Å². The maximum absolute atomic E-state index is 11.8. The molecule has 0 spiro atoms. The van der Waals surface area contributed by atoms with Crippen molar-refractivity contribution in [3.63, 3.8) is 0 Å². The van der Waals surface area contributed by atoms with Gasteiger partial charge in [0.2, 0.25) is 10.0 Å². The minimum absolute atomic E-state index is 0.113. The standard InChI is InChI=1S/C9H15F3N2O2S/c1-8(2,6-13)7-14-17(15,16)5-3-4-9(10,11)12/h14H,3-5,7H2,1-2H3. The molecule has 0 aromatic heterocycles. The van der Waals surface area contributed by atoms with Crippen LogP contribution in [-0.4, -0.2) is 26.9 Å². The molecule has 0 aromatic carbocycles. The summed E-state index contributed by atoms with van der Waals surface area (Å²) in [6, 6.07) is 1.89. The molecule has 4 nitrogen and oxygen atoms in total. The van der Waals surface area contributed by atoms with Crippen LogP contribution in [0.1, 0.15) is 26.7 Å². The van der Waals surface area contributed by atoms with Crippen LogP contribution in [0.4, 0.5) is 13.2 Å². The summed E-state index contributed by atoms with van der Waals surface area (Å²) < 4.78 is 60.1. The molecule has 0 amide bonds. The summed E-state index contributed by atoms with van der Waals surface area (Å²) in [5.41, 5.74) is -0.878. The van der Waals surface area contributed by atoms with Gasteiger partial charge in [-0.15, -0.1) is 0 Å². The van der Waals surface area contributed by atoms with Crippen LogP contribution in [0.25, 0.3) is 0 Å². The highest BCUT2D eigenvalue weighted by molar-refractivity contribution is 7.89. The Hall–Kier alpha value is -0.810. The fourth-order valence-electron chi connectivity index (χ4n) is 0.865. The molecular formula is C9H15F3N2O2S. The number of nitrogens with zero attached hydrogens (tertiary/aromatic N) is 1. The van der Waals surface area contributed by atoms with Crippen molar-refractivity contribution in [2.24, 2.45) is 5.41 Å². The van der Waals surface area contributed by atoms with Gasteiger partial charge in [0.05, 0.1) is 17.2 Å². The third kappa shape index (κ3) is 8.94. The zero-order valence-corrected chi connectivity index (χ0v) is 10.5. The van der Waals surface area contributed by atoms with Crippen LogP contribution in [0.5, 0.6) is 0 Å². The second kappa shape index (κ2) is 5.69. The lowest BCUT2D eigenvalue weighted by molar-refractivity contribution is -0.134. The van der Waals surface area contributed by atoms with E-state index in [1.807, 2.05) is 6.07 Å². The molecule has 0 radical (unpaired) electrons.